The van der Waals surface area contributed by atoms with E-state index in [0.29, 0.717) is 22.2 Å². The van der Waals surface area contributed by atoms with Gasteiger partial charge in [0.15, 0.2) is 0 Å². The van der Waals surface area contributed by atoms with Crippen LogP contribution in [0.4, 0.5) is 5.69 Å². The predicted octanol–water partition coefficient (Wildman–Crippen LogP) is 4.60. The number of nitrogens with zero attached hydrogens (tertiary/aromatic N) is 1. The summed E-state index contributed by atoms with van der Waals surface area (Å²) in [7, 11) is -3.71. The lowest BCUT2D eigenvalue weighted by atomic mass is 10.2. The number of para-hydroxylation sites is 1. The Morgan fingerprint density at radius 2 is 1.55 bits per heavy atom. The SMILES string of the molecule is CC(C(=O)NCc1ccc(Cl)cc1)N(c1ccc(Oc2ccccc2)cc1)S(C)(=O)=O. The van der Waals surface area contributed by atoms with E-state index in [2.05, 4.69) is 5.32 Å². The van der Waals surface area contributed by atoms with Crippen molar-refractivity contribution >= 4 is 33.2 Å². The van der Waals surface area contributed by atoms with Gasteiger partial charge in [0.25, 0.3) is 0 Å². The van der Waals surface area contributed by atoms with Crippen molar-refractivity contribution in [3.8, 4) is 11.5 Å². The Morgan fingerprint density at radius 3 is 2.13 bits per heavy atom. The summed E-state index contributed by atoms with van der Waals surface area (Å²) in [4.78, 5) is 12.7. The number of anilines is 1. The number of ether oxygens (including phenoxy) is 1. The molecule has 0 spiro atoms. The number of hydrogen-bond acceptors (Lipinski definition) is 4. The number of rotatable bonds is 8. The molecule has 31 heavy (non-hydrogen) atoms. The number of sulfonamides is 1. The highest BCUT2D eigenvalue weighted by atomic mass is 35.5. The van der Waals surface area contributed by atoms with E-state index < -0.39 is 22.0 Å². The maximum Gasteiger partial charge on any atom is 0.243 e. The topological polar surface area (TPSA) is 75.7 Å². The van der Waals surface area contributed by atoms with Gasteiger partial charge in [0.1, 0.15) is 17.5 Å². The molecule has 0 fully saturated rings. The van der Waals surface area contributed by atoms with Crippen molar-refractivity contribution in [3.05, 3.63) is 89.4 Å². The summed E-state index contributed by atoms with van der Waals surface area (Å²) < 4.78 is 31.8. The minimum atomic E-state index is -3.71. The Bertz CT molecular complexity index is 1120. The Kier molecular flexibility index (Phi) is 7.20. The van der Waals surface area contributed by atoms with Crippen molar-refractivity contribution in [2.75, 3.05) is 10.6 Å². The van der Waals surface area contributed by atoms with E-state index in [4.69, 9.17) is 16.3 Å². The first kappa shape index (κ1) is 22.7. The summed E-state index contributed by atoms with van der Waals surface area (Å²) in [6.07, 6.45) is 1.07. The van der Waals surface area contributed by atoms with Gasteiger partial charge in [-0.3, -0.25) is 9.10 Å². The highest BCUT2D eigenvalue weighted by Crippen LogP contribution is 2.27. The van der Waals surface area contributed by atoms with Crippen molar-refractivity contribution in [2.45, 2.75) is 19.5 Å². The quantitative estimate of drug-likeness (QED) is 0.535. The standard InChI is InChI=1S/C23H23ClN2O4S/c1-17(23(27)25-16-18-8-10-19(24)11-9-18)26(31(2,28)29)20-12-14-22(15-13-20)30-21-6-4-3-5-7-21/h3-15,17H,16H2,1-2H3,(H,25,27). The van der Waals surface area contributed by atoms with Gasteiger partial charge < -0.3 is 10.1 Å². The first-order chi connectivity index (χ1) is 14.7. The van der Waals surface area contributed by atoms with Gasteiger partial charge in [0, 0.05) is 11.6 Å². The molecule has 0 aliphatic heterocycles. The Morgan fingerprint density at radius 1 is 0.968 bits per heavy atom. The van der Waals surface area contributed by atoms with E-state index >= 15 is 0 Å². The molecule has 8 heteroatoms. The molecule has 0 saturated carbocycles. The molecule has 0 bridgehead atoms. The lowest BCUT2D eigenvalue weighted by molar-refractivity contribution is -0.122. The summed E-state index contributed by atoms with van der Waals surface area (Å²) in [6.45, 7) is 1.81. The Labute approximate surface area is 187 Å². The van der Waals surface area contributed by atoms with Gasteiger partial charge in [0.05, 0.1) is 11.9 Å². The molecule has 3 aromatic carbocycles. The van der Waals surface area contributed by atoms with Crippen molar-refractivity contribution in [3.63, 3.8) is 0 Å². The van der Waals surface area contributed by atoms with Gasteiger partial charge in [-0.2, -0.15) is 0 Å². The minimum absolute atomic E-state index is 0.266. The lowest BCUT2D eigenvalue weighted by Gasteiger charge is -2.28. The van der Waals surface area contributed by atoms with Crippen LogP contribution in [-0.2, 0) is 21.4 Å². The van der Waals surface area contributed by atoms with Gasteiger partial charge in [-0.25, -0.2) is 8.42 Å². The van der Waals surface area contributed by atoms with Gasteiger partial charge in [-0.15, -0.1) is 0 Å². The van der Waals surface area contributed by atoms with Gasteiger partial charge in [-0.1, -0.05) is 41.9 Å². The molecule has 162 valence electrons. The Balaban J connectivity index is 1.73. The first-order valence-electron chi connectivity index (χ1n) is 9.58. The normalized spacial score (nSPS) is 12.1. The van der Waals surface area contributed by atoms with Crippen LogP contribution >= 0.6 is 11.6 Å². The van der Waals surface area contributed by atoms with E-state index in [0.717, 1.165) is 16.1 Å². The number of carbonyl (C=O) groups excluding carboxylic acids is 1. The molecule has 1 amide bonds. The number of nitrogens with one attached hydrogen (secondary N) is 1. The smallest absolute Gasteiger partial charge is 0.243 e. The van der Waals surface area contributed by atoms with E-state index in [1.54, 1.807) is 55.5 Å². The summed E-state index contributed by atoms with van der Waals surface area (Å²) in [6, 6.07) is 21.9. The highest BCUT2D eigenvalue weighted by molar-refractivity contribution is 7.92. The molecule has 6 nitrogen and oxygen atoms in total. The van der Waals surface area contributed by atoms with Gasteiger partial charge >= 0.3 is 0 Å². The van der Waals surface area contributed by atoms with Crippen LogP contribution in [0.3, 0.4) is 0 Å². The Hall–Kier alpha value is -3.03. The zero-order valence-electron chi connectivity index (χ0n) is 17.2. The maximum atomic E-state index is 12.7. The molecule has 1 atom stereocenters. The second kappa shape index (κ2) is 9.85. The number of benzene rings is 3. The third-order valence-electron chi connectivity index (χ3n) is 4.54. The molecule has 1 unspecified atom stereocenters. The van der Waals surface area contributed by atoms with Crippen molar-refractivity contribution in [2.24, 2.45) is 0 Å². The zero-order valence-corrected chi connectivity index (χ0v) is 18.7. The summed E-state index contributed by atoms with van der Waals surface area (Å²) in [5.74, 6) is 0.818. The predicted molar refractivity (Wildman–Crippen MR) is 123 cm³/mol. The maximum absolute atomic E-state index is 12.7. The zero-order chi connectivity index (χ0) is 22.4. The second-order valence-corrected chi connectivity index (χ2v) is 9.28. The van der Waals surface area contributed by atoms with Crippen LogP contribution in [0.15, 0.2) is 78.9 Å². The van der Waals surface area contributed by atoms with Crippen molar-refractivity contribution in [1.82, 2.24) is 5.32 Å². The third-order valence-corrected chi connectivity index (χ3v) is 6.03. The molecule has 0 radical (unpaired) electrons. The molecule has 3 aromatic rings. The van der Waals surface area contributed by atoms with Crippen LogP contribution in [-0.4, -0.2) is 26.6 Å². The molecule has 1 N–H and O–H groups in total. The van der Waals surface area contributed by atoms with Crippen LogP contribution in [0.5, 0.6) is 11.5 Å². The van der Waals surface area contributed by atoms with E-state index in [-0.39, 0.29) is 6.54 Å². The van der Waals surface area contributed by atoms with Gasteiger partial charge in [0.2, 0.25) is 15.9 Å². The fraction of sp³-hybridized carbons (Fsp3) is 0.174. The third kappa shape index (κ3) is 6.23. The molecular formula is C23H23ClN2O4S. The average Bonchev–Trinajstić information content (AvgIpc) is 2.74. The van der Waals surface area contributed by atoms with Crippen LogP contribution < -0.4 is 14.4 Å². The largest absolute Gasteiger partial charge is 0.457 e. The lowest BCUT2D eigenvalue weighted by Crippen LogP contribution is -2.47. The number of hydrogen-bond donors (Lipinski definition) is 1. The fourth-order valence-electron chi connectivity index (χ4n) is 3.03. The van der Waals surface area contributed by atoms with E-state index in [1.165, 1.54) is 0 Å². The highest BCUT2D eigenvalue weighted by Gasteiger charge is 2.29. The summed E-state index contributed by atoms with van der Waals surface area (Å²) in [5.41, 5.74) is 1.23. The van der Waals surface area contributed by atoms with Crippen LogP contribution in [0.25, 0.3) is 0 Å². The van der Waals surface area contributed by atoms with E-state index in [9.17, 15) is 13.2 Å². The van der Waals surface area contributed by atoms with Crippen LogP contribution in [0.1, 0.15) is 12.5 Å². The van der Waals surface area contributed by atoms with Crippen LogP contribution in [0.2, 0.25) is 5.02 Å². The minimum Gasteiger partial charge on any atom is -0.457 e. The summed E-state index contributed by atoms with van der Waals surface area (Å²) in [5, 5.41) is 3.37. The van der Waals surface area contributed by atoms with Crippen molar-refractivity contribution in [1.29, 1.82) is 0 Å². The number of amides is 1. The fourth-order valence-corrected chi connectivity index (χ4v) is 4.33. The number of halogens is 1. The van der Waals surface area contributed by atoms with Gasteiger partial charge in [-0.05, 0) is 61.0 Å². The average molecular weight is 459 g/mol. The van der Waals surface area contributed by atoms with Crippen LogP contribution in [0, 0.1) is 0 Å². The second-order valence-electron chi connectivity index (χ2n) is 6.99. The molecule has 0 aromatic heterocycles. The molecule has 0 saturated heterocycles. The van der Waals surface area contributed by atoms with E-state index in [1.807, 2.05) is 30.3 Å². The summed E-state index contributed by atoms with van der Waals surface area (Å²) >= 11 is 5.87. The molecule has 0 heterocycles. The monoisotopic (exact) mass is 458 g/mol. The molecule has 0 aliphatic carbocycles. The molecule has 0 aliphatic rings. The van der Waals surface area contributed by atoms with Crippen molar-refractivity contribution < 1.29 is 17.9 Å². The molecular weight excluding hydrogens is 436 g/mol. The molecule has 3 rings (SSSR count). The number of carbonyl (C=O) groups is 1. The first-order valence-corrected chi connectivity index (χ1v) is 11.8.